The average Bonchev–Trinajstić information content (AvgIpc) is 3.21. The Morgan fingerprint density at radius 2 is 1.93 bits per heavy atom. The molecular weight excluding hydrogens is 387 g/mol. The van der Waals surface area contributed by atoms with Crippen LogP contribution in [0.4, 0.5) is 14.9 Å². The Balaban J connectivity index is 1.67. The van der Waals surface area contributed by atoms with Gasteiger partial charge in [-0.05, 0) is 58.6 Å². The molecule has 2 saturated heterocycles. The number of piperidine rings is 1. The van der Waals surface area contributed by atoms with E-state index in [1.807, 2.05) is 38.7 Å². The molecule has 1 aromatic carbocycles. The summed E-state index contributed by atoms with van der Waals surface area (Å²) in [6, 6.07) is 3.02. The summed E-state index contributed by atoms with van der Waals surface area (Å²) < 4.78 is 20.8. The van der Waals surface area contributed by atoms with Crippen LogP contribution < -0.4 is 10.6 Å². The van der Waals surface area contributed by atoms with Crippen molar-refractivity contribution in [3.63, 3.8) is 0 Å². The molecule has 30 heavy (non-hydrogen) atoms. The first-order chi connectivity index (χ1) is 14.0. The molecule has 2 fully saturated rings. The number of primary amides is 1. The fourth-order valence-corrected chi connectivity index (χ4v) is 4.79. The topological polar surface area (TPSA) is 91.7 Å². The molecule has 2 unspecified atom stereocenters. The van der Waals surface area contributed by atoms with Gasteiger partial charge in [-0.2, -0.15) is 0 Å². The number of ether oxygens (including phenoxy) is 1. The number of hydrogen-bond acceptors (Lipinski definition) is 4. The van der Waals surface area contributed by atoms with E-state index in [0.717, 1.165) is 18.5 Å². The number of rotatable bonds is 2. The van der Waals surface area contributed by atoms with Crippen molar-refractivity contribution < 1.29 is 18.7 Å². The highest BCUT2D eigenvalue weighted by Crippen LogP contribution is 2.39. The number of benzene rings is 1. The fourth-order valence-electron chi connectivity index (χ4n) is 4.79. The predicted octanol–water partition coefficient (Wildman–Crippen LogP) is 3.55. The molecule has 2 amide bonds. The largest absolute Gasteiger partial charge is 0.444 e. The number of likely N-dealkylation sites (tertiary alicyclic amines) is 1. The van der Waals surface area contributed by atoms with Gasteiger partial charge in [-0.3, -0.25) is 4.79 Å². The van der Waals surface area contributed by atoms with Crippen molar-refractivity contribution in [2.45, 2.75) is 52.2 Å². The van der Waals surface area contributed by atoms with Crippen LogP contribution in [0.2, 0.25) is 0 Å². The van der Waals surface area contributed by atoms with Crippen LogP contribution in [0.15, 0.2) is 12.1 Å². The van der Waals surface area contributed by atoms with Gasteiger partial charge in [-0.15, -0.1) is 0 Å². The Bertz CT molecular complexity index is 1010. The number of carbonyl (C=O) groups is 2. The number of amides is 2. The molecule has 0 saturated carbocycles. The van der Waals surface area contributed by atoms with E-state index in [4.69, 9.17) is 10.5 Å². The lowest BCUT2D eigenvalue weighted by Gasteiger charge is -2.40. The van der Waals surface area contributed by atoms with Crippen molar-refractivity contribution in [3.05, 3.63) is 29.2 Å². The van der Waals surface area contributed by atoms with E-state index in [2.05, 4.69) is 4.98 Å². The van der Waals surface area contributed by atoms with Crippen molar-refractivity contribution in [1.82, 2.24) is 9.88 Å². The zero-order chi connectivity index (χ0) is 21.8. The number of anilines is 1. The maximum Gasteiger partial charge on any atom is 0.410 e. The molecule has 2 atom stereocenters. The monoisotopic (exact) mass is 416 g/mol. The minimum Gasteiger partial charge on any atom is -0.444 e. The number of aryl methyl sites for hydroxylation is 1. The summed E-state index contributed by atoms with van der Waals surface area (Å²) in [6.07, 6.45) is 1.48. The molecule has 2 aliphatic heterocycles. The number of fused-ring (bicyclic) bond motifs is 2. The number of aromatic nitrogens is 1. The van der Waals surface area contributed by atoms with E-state index in [-0.39, 0.29) is 17.7 Å². The van der Waals surface area contributed by atoms with Crippen LogP contribution in [0.3, 0.4) is 0 Å². The Morgan fingerprint density at radius 3 is 2.60 bits per heavy atom. The third-order valence-electron chi connectivity index (χ3n) is 6.05. The summed E-state index contributed by atoms with van der Waals surface area (Å²) in [6.45, 7) is 9.29. The number of H-pyrrole nitrogens is 1. The molecule has 0 aliphatic carbocycles. The van der Waals surface area contributed by atoms with Crippen LogP contribution in [0.1, 0.15) is 49.7 Å². The van der Waals surface area contributed by atoms with Crippen molar-refractivity contribution in [2.24, 2.45) is 11.7 Å². The maximum atomic E-state index is 15.2. The van der Waals surface area contributed by atoms with Crippen molar-refractivity contribution >= 4 is 28.6 Å². The second kappa shape index (κ2) is 7.18. The van der Waals surface area contributed by atoms with Gasteiger partial charge < -0.3 is 25.3 Å². The van der Waals surface area contributed by atoms with Gasteiger partial charge in [0.15, 0.2) is 0 Å². The minimum absolute atomic E-state index is 0.0288. The number of nitrogens with two attached hydrogens (primary N) is 1. The summed E-state index contributed by atoms with van der Waals surface area (Å²) in [5.74, 6) is -0.765. The lowest BCUT2D eigenvalue weighted by atomic mass is 9.91. The standard InChI is InChI=1S/C22H29FN4O3/c1-12-9-14-18(25-12)15(20(24)28)10-16(23)19(14)26-7-5-13-6-8-27(17(13)11-26)21(29)30-22(2,3)4/h9-10,13,17,25H,5-8,11H2,1-4H3,(H2,24,28). The Kier molecular flexibility index (Phi) is 4.91. The highest BCUT2D eigenvalue weighted by Gasteiger charge is 2.43. The highest BCUT2D eigenvalue weighted by atomic mass is 19.1. The number of hydrogen-bond donors (Lipinski definition) is 2. The molecule has 162 valence electrons. The number of nitrogens with one attached hydrogen (secondary N) is 1. The molecule has 3 N–H and O–H groups in total. The Labute approximate surface area is 175 Å². The number of halogens is 1. The molecule has 2 aliphatic rings. The molecule has 0 spiro atoms. The third-order valence-corrected chi connectivity index (χ3v) is 6.05. The fraction of sp³-hybridized carbons (Fsp3) is 0.545. The van der Waals surface area contributed by atoms with Crippen LogP contribution in [0.5, 0.6) is 0 Å². The van der Waals surface area contributed by atoms with E-state index in [1.165, 1.54) is 6.07 Å². The summed E-state index contributed by atoms with van der Waals surface area (Å²) in [5.41, 5.74) is 6.87. The summed E-state index contributed by atoms with van der Waals surface area (Å²) >= 11 is 0. The van der Waals surface area contributed by atoms with Crippen LogP contribution >= 0.6 is 0 Å². The smallest absolute Gasteiger partial charge is 0.410 e. The van der Waals surface area contributed by atoms with Gasteiger partial charge in [0.2, 0.25) is 0 Å². The van der Waals surface area contributed by atoms with Crippen LogP contribution in [-0.4, -0.2) is 53.2 Å². The van der Waals surface area contributed by atoms with Gasteiger partial charge in [0, 0.05) is 30.7 Å². The van der Waals surface area contributed by atoms with Crippen LogP contribution in [0, 0.1) is 18.7 Å². The summed E-state index contributed by atoms with van der Waals surface area (Å²) in [7, 11) is 0. The second-order valence-electron chi connectivity index (χ2n) is 9.38. The van der Waals surface area contributed by atoms with Crippen molar-refractivity contribution in [2.75, 3.05) is 24.5 Å². The van der Waals surface area contributed by atoms with Crippen LogP contribution in [-0.2, 0) is 4.74 Å². The zero-order valence-electron chi connectivity index (χ0n) is 17.9. The minimum atomic E-state index is -0.669. The van der Waals surface area contributed by atoms with Gasteiger partial charge in [0.05, 0.1) is 22.8 Å². The van der Waals surface area contributed by atoms with E-state index in [0.29, 0.717) is 42.1 Å². The lowest BCUT2D eigenvalue weighted by molar-refractivity contribution is 0.0203. The van der Waals surface area contributed by atoms with Gasteiger partial charge in [0.1, 0.15) is 11.4 Å². The summed E-state index contributed by atoms with van der Waals surface area (Å²) in [4.78, 5) is 31.4. The molecule has 0 radical (unpaired) electrons. The third kappa shape index (κ3) is 3.59. The van der Waals surface area contributed by atoms with Gasteiger partial charge >= 0.3 is 6.09 Å². The van der Waals surface area contributed by atoms with Gasteiger partial charge in [-0.25, -0.2) is 9.18 Å². The average molecular weight is 416 g/mol. The first-order valence-electron chi connectivity index (χ1n) is 10.4. The first kappa shape index (κ1) is 20.5. The molecular formula is C22H29FN4O3. The predicted molar refractivity (Wildman–Crippen MR) is 113 cm³/mol. The van der Waals surface area contributed by atoms with E-state index in [9.17, 15) is 9.59 Å². The summed E-state index contributed by atoms with van der Waals surface area (Å²) in [5, 5.41) is 0.640. The highest BCUT2D eigenvalue weighted by molar-refractivity contribution is 6.09. The maximum absolute atomic E-state index is 15.2. The Hall–Kier alpha value is -2.77. The molecule has 8 heteroatoms. The number of carbonyl (C=O) groups excluding carboxylic acids is 2. The molecule has 2 aromatic rings. The van der Waals surface area contributed by atoms with Crippen LogP contribution in [0.25, 0.3) is 10.9 Å². The lowest BCUT2D eigenvalue weighted by Crippen LogP contribution is -2.51. The molecule has 1 aromatic heterocycles. The molecule has 7 nitrogen and oxygen atoms in total. The number of nitrogens with zero attached hydrogens (tertiary/aromatic N) is 2. The normalized spacial score (nSPS) is 21.8. The number of aromatic amines is 1. The van der Waals surface area contributed by atoms with E-state index in [1.54, 1.807) is 4.90 Å². The molecule has 3 heterocycles. The zero-order valence-corrected chi connectivity index (χ0v) is 17.9. The van der Waals surface area contributed by atoms with Crippen molar-refractivity contribution in [1.29, 1.82) is 0 Å². The SMILES string of the molecule is Cc1cc2c(N3CCC4CCN(C(=O)OC(C)(C)C)C4C3)c(F)cc(C(N)=O)c2[nH]1. The van der Waals surface area contributed by atoms with E-state index < -0.39 is 17.3 Å². The Morgan fingerprint density at radius 1 is 1.23 bits per heavy atom. The van der Waals surface area contributed by atoms with Gasteiger partial charge in [0.25, 0.3) is 5.91 Å². The first-order valence-corrected chi connectivity index (χ1v) is 10.4. The second-order valence-corrected chi connectivity index (χ2v) is 9.38. The van der Waals surface area contributed by atoms with Crippen molar-refractivity contribution in [3.8, 4) is 0 Å². The van der Waals surface area contributed by atoms with E-state index >= 15 is 4.39 Å². The van der Waals surface area contributed by atoms with Gasteiger partial charge in [-0.1, -0.05) is 0 Å². The molecule has 4 rings (SSSR count). The quantitative estimate of drug-likeness (QED) is 0.783. The molecule has 0 bridgehead atoms.